The van der Waals surface area contributed by atoms with Gasteiger partial charge in [0.05, 0.1) is 21.2 Å². The zero-order valence-electron chi connectivity index (χ0n) is 10.6. The first-order valence-corrected chi connectivity index (χ1v) is 7.83. The molecule has 0 radical (unpaired) electrons. The number of rotatable bonds is 4. The Kier molecular flexibility index (Phi) is 4.29. The van der Waals surface area contributed by atoms with E-state index in [2.05, 4.69) is 0 Å². The molecule has 0 atom stereocenters. The van der Waals surface area contributed by atoms with E-state index in [9.17, 15) is 17.6 Å². The van der Waals surface area contributed by atoms with Crippen molar-refractivity contribution in [3.05, 3.63) is 64.4 Å². The Balaban J connectivity index is 2.40. The zero-order chi connectivity index (χ0) is 15.6. The molecule has 0 aliphatic rings. The van der Waals surface area contributed by atoms with Crippen LogP contribution in [0, 0.1) is 5.82 Å². The lowest BCUT2D eigenvalue weighted by Crippen LogP contribution is -2.07. The Morgan fingerprint density at radius 3 is 2.52 bits per heavy atom. The lowest BCUT2D eigenvalue weighted by Gasteiger charge is -2.07. The van der Waals surface area contributed by atoms with E-state index in [1.165, 1.54) is 30.3 Å². The fraction of sp³-hybridized carbons (Fsp3) is 0.0714. The summed E-state index contributed by atoms with van der Waals surface area (Å²) in [6, 6.07) is 8.65. The summed E-state index contributed by atoms with van der Waals surface area (Å²) in [4.78, 5) is 10.8. The van der Waals surface area contributed by atoms with Crippen molar-refractivity contribution in [2.45, 2.75) is 10.6 Å². The van der Waals surface area contributed by atoms with Crippen LogP contribution < -0.4 is 0 Å². The number of aromatic carboxylic acids is 1. The molecule has 21 heavy (non-hydrogen) atoms. The van der Waals surface area contributed by atoms with Crippen molar-refractivity contribution in [1.82, 2.24) is 0 Å². The molecule has 1 N–H and O–H groups in total. The molecular formula is C14H10ClFO4S. The minimum atomic E-state index is -3.79. The maximum atomic E-state index is 13.1. The second-order valence-corrected chi connectivity index (χ2v) is 6.73. The van der Waals surface area contributed by atoms with Crippen LogP contribution in [0.1, 0.15) is 15.9 Å². The van der Waals surface area contributed by atoms with Gasteiger partial charge in [-0.1, -0.05) is 23.7 Å². The normalized spacial score (nSPS) is 11.3. The second kappa shape index (κ2) is 5.83. The number of halogens is 2. The minimum Gasteiger partial charge on any atom is -0.478 e. The van der Waals surface area contributed by atoms with Crippen molar-refractivity contribution in [1.29, 1.82) is 0 Å². The number of benzene rings is 2. The van der Waals surface area contributed by atoms with E-state index in [1.807, 2.05) is 0 Å². The topological polar surface area (TPSA) is 71.4 Å². The zero-order valence-corrected chi connectivity index (χ0v) is 12.2. The van der Waals surface area contributed by atoms with Crippen molar-refractivity contribution >= 4 is 27.4 Å². The van der Waals surface area contributed by atoms with E-state index < -0.39 is 27.4 Å². The van der Waals surface area contributed by atoms with Gasteiger partial charge in [-0.15, -0.1) is 0 Å². The Hall–Kier alpha value is -1.92. The van der Waals surface area contributed by atoms with E-state index in [0.717, 1.165) is 12.1 Å². The van der Waals surface area contributed by atoms with Gasteiger partial charge in [-0.3, -0.25) is 0 Å². The molecule has 0 bridgehead atoms. The number of sulfone groups is 1. The molecule has 0 spiro atoms. The highest BCUT2D eigenvalue weighted by Crippen LogP contribution is 2.23. The van der Waals surface area contributed by atoms with Gasteiger partial charge in [0, 0.05) is 0 Å². The van der Waals surface area contributed by atoms with Gasteiger partial charge in [-0.2, -0.15) is 0 Å². The van der Waals surface area contributed by atoms with E-state index >= 15 is 0 Å². The molecule has 0 amide bonds. The highest BCUT2D eigenvalue weighted by atomic mass is 35.5. The number of hydrogen-bond donors (Lipinski definition) is 1. The summed E-state index contributed by atoms with van der Waals surface area (Å²) in [5, 5.41) is 8.90. The highest BCUT2D eigenvalue weighted by Gasteiger charge is 2.19. The predicted octanol–water partition coefficient (Wildman–Crippen LogP) is 3.15. The first-order valence-electron chi connectivity index (χ1n) is 5.79. The second-order valence-electron chi connectivity index (χ2n) is 4.34. The lowest BCUT2D eigenvalue weighted by atomic mass is 10.2. The summed E-state index contributed by atoms with van der Waals surface area (Å²) < 4.78 is 37.6. The Morgan fingerprint density at radius 2 is 1.90 bits per heavy atom. The third kappa shape index (κ3) is 3.59. The summed E-state index contributed by atoms with van der Waals surface area (Å²) in [6.45, 7) is 0. The monoisotopic (exact) mass is 328 g/mol. The highest BCUT2D eigenvalue weighted by molar-refractivity contribution is 7.90. The fourth-order valence-corrected chi connectivity index (χ4v) is 3.35. The van der Waals surface area contributed by atoms with E-state index in [0.29, 0.717) is 0 Å². The molecule has 0 aliphatic heterocycles. The standard InChI is InChI=1S/C14H10ClFO4S/c15-13-5-4-11(7-12(13)14(17)18)21(19,20)8-9-2-1-3-10(16)6-9/h1-7H,8H2,(H,17,18). The van der Waals surface area contributed by atoms with Crippen molar-refractivity contribution in [3.8, 4) is 0 Å². The van der Waals surface area contributed by atoms with Crippen LogP contribution in [-0.2, 0) is 15.6 Å². The maximum absolute atomic E-state index is 13.1. The number of carbonyl (C=O) groups is 1. The number of carboxylic acid groups (broad SMARTS) is 1. The Bertz CT molecular complexity index is 802. The van der Waals surface area contributed by atoms with Gasteiger partial charge in [-0.25, -0.2) is 17.6 Å². The van der Waals surface area contributed by atoms with Gasteiger partial charge in [-0.05, 0) is 35.9 Å². The Labute approximate surface area is 125 Å². The van der Waals surface area contributed by atoms with Crippen molar-refractivity contribution in [2.24, 2.45) is 0 Å². The van der Waals surface area contributed by atoms with E-state index in [1.54, 1.807) is 0 Å². The summed E-state index contributed by atoms with van der Waals surface area (Å²) in [6.07, 6.45) is 0. The number of hydrogen-bond acceptors (Lipinski definition) is 3. The van der Waals surface area contributed by atoms with Gasteiger partial charge in [0.1, 0.15) is 5.82 Å². The third-order valence-electron chi connectivity index (χ3n) is 2.77. The molecule has 110 valence electrons. The van der Waals surface area contributed by atoms with Crippen molar-refractivity contribution < 1.29 is 22.7 Å². The van der Waals surface area contributed by atoms with E-state index in [4.69, 9.17) is 16.7 Å². The molecule has 2 rings (SSSR count). The largest absolute Gasteiger partial charge is 0.478 e. The number of carboxylic acids is 1. The molecule has 0 heterocycles. The fourth-order valence-electron chi connectivity index (χ4n) is 1.79. The smallest absolute Gasteiger partial charge is 0.337 e. The average Bonchev–Trinajstić information content (AvgIpc) is 2.38. The first-order chi connectivity index (χ1) is 9.79. The van der Waals surface area contributed by atoms with Gasteiger partial charge in [0.25, 0.3) is 0 Å². The summed E-state index contributed by atoms with van der Waals surface area (Å²) in [5.74, 6) is -2.28. The molecule has 0 aromatic heterocycles. The average molecular weight is 329 g/mol. The summed E-state index contributed by atoms with van der Waals surface area (Å²) in [5.41, 5.74) is -0.0150. The molecule has 0 unspecified atom stereocenters. The van der Waals surface area contributed by atoms with Crippen LogP contribution in [0.4, 0.5) is 4.39 Å². The molecular weight excluding hydrogens is 319 g/mol. The van der Waals surface area contributed by atoms with Gasteiger partial charge in [0.2, 0.25) is 0 Å². The molecule has 7 heteroatoms. The van der Waals surface area contributed by atoms with Crippen LogP contribution in [-0.4, -0.2) is 19.5 Å². The van der Waals surface area contributed by atoms with Crippen LogP contribution in [0.5, 0.6) is 0 Å². The predicted molar refractivity (Wildman–Crippen MR) is 75.7 cm³/mol. The first kappa shape index (κ1) is 15.5. The van der Waals surface area contributed by atoms with E-state index in [-0.39, 0.29) is 21.0 Å². The van der Waals surface area contributed by atoms with Crippen LogP contribution in [0.2, 0.25) is 5.02 Å². The molecule has 2 aromatic carbocycles. The molecule has 0 fully saturated rings. The molecule has 0 saturated carbocycles. The molecule has 2 aromatic rings. The SMILES string of the molecule is O=C(O)c1cc(S(=O)(=O)Cc2cccc(F)c2)ccc1Cl. The molecule has 0 aliphatic carbocycles. The Morgan fingerprint density at radius 1 is 1.19 bits per heavy atom. The van der Waals surface area contributed by atoms with Crippen LogP contribution >= 0.6 is 11.6 Å². The maximum Gasteiger partial charge on any atom is 0.337 e. The van der Waals surface area contributed by atoms with Gasteiger partial charge in [0.15, 0.2) is 9.84 Å². The van der Waals surface area contributed by atoms with Crippen LogP contribution in [0.3, 0.4) is 0 Å². The summed E-state index contributed by atoms with van der Waals surface area (Å²) >= 11 is 5.70. The van der Waals surface area contributed by atoms with Crippen LogP contribution in [0.15, 0.2) is 47.4 Å². The van der Waals surface area contributed by atoms with Gasteiger partial charge >= 0.3 is 5.97 Å². The third-order valence-corrected chi connectivity index (χ3v) is 4.79. The quantitative estimate of drug-likeness (QED) is 0.935. The van der Waals surface area contributed by atoms with Crippen LogP contribution in [0.25, 0.3) is 0 Å². The lowest BCUT2D eigenvalue weighted by molar-refractivity contribution is 0.0697. The van der Waals surface area contributed by atoms with Crippen molar-refractivity contribution in [3.63, 3.8) is 0 Å². The molecule has 4 nitrogen and oxygen atoms in total. The van der Waals surface area contributed by atoms with Gasteiger partial charge < -0.3 is 5.11 Å². The summed E-state index contributed by atoms with van der Waals surface area (Å²) in [7, 11) is -3.79. The minimum absolute atomic E-state index is 0.0489. The van der Waals surface area contributed by atoms with Crippen molar-refractivity contribution in [2.75, 3.05) is 0 Å². The molecule has 0 saturated heterocycles.